The zero-order valence-electron chi connectivity index (χ0n) is 13.1. The molecule has 0 bridgehead atoms. The molecule has 0 spiro atoms. The van der Waals surface area contributed by atoms with Gasteiger partial charge in [0.2, 0.25) is 5.91 Å². The fourth-order valence-corrected chi connectivity index (χ4v) is 2.98. The first-order valence-corrected chi connectivity index (χ1v) is 8.10. The van der Waals surface area contributed by atoms with Gasteiger partial charge in [0.25, 0.3) is 5.91 Å². The summed E-state index contributed by atoms with van der Waals surface area (Å²) in [7, 11) is 0. The van der Waals surface area contributed by atoms with Crippen LogP contribution in [0.15, 0.2) is 24.3 Å². The maximum atomic E-state index is 12.4. The third kappa shape index (κ3) is 4.69. The molecule has 1 aromatic rings. The van der Waals surface area contributed by atoms with Crippen molar-refractivity contribution in [1.29, 1.82) is 0 Å². The number of rotatable bonds is 4. The first-order valence-electron chi connectivity index (χ1n) is 8.10. The summed E-state index contributed by atoms with van der Waals surface area (Å²) in [6, 6.07) is 7.58. The number of hydrogen-bond donors (Lipinski definition) is 3. The number of amides is 2. The maximum Gasteiger partial charge on any atom is 0.253 e. The van der Waals surface area contributed by atoms with Gasteiger partial charge in [-0.15, -0.1) is 12.4 Å². The molecule has 0 aromatic heterocycles. The average molecular weight is 338 g/mol. The Bertz CT molecular complexity index is 575. The fraction of sp³-hybridized carbons (Fsp3) is 0.529. The number of nitrogens with two attached hydrogens (primary N) is 1. The van der Waals surface area contributed by atoms with Crippen LogP contribution in [0.3, 0.4) is 0 Å². The second-order valence-corrected chi connectivity index (χ2v) is 6.41. The summed E-state index contributed by atoms with van der Waals surface area (Å²) in [6.07, 6.45) is 5.66. The molecule has 2 aliphatic carbocycles. The Morgan fingerprint density at radius 3 is 2.52 bits per heavy atom. The van der Waals surface area contributed by atoms with Gasteiger partial charge in [0.05, 0.1) is 11.3 Å². The molecular weight excluding hydrogens is 314 g/mol. The van der Waals surface area contributed by atoms with Crippen molar-refractivity contribution in [3.8, 4) is 0 Å². The van der Waals surface area contributed by atoms with E-state index in [0.717, 1.165) is 38.5 Å². The summed E-state index contributed by atoms with van der Waals surface area (Å²) in [5.41, 5.74) is 7.07. The number of carbonyl (C=O) groups excluding carboxylic acids is 2. The molecular formula is C17H24ClN3O2. The maximum absolute atomic E-state index is 12.4. The third-order valence-corrected chi connectivity index (χ3v) is 4.43. The zero-order valence-corrected chi connectivity index (χ0v) is 13.9. The molecule has 1 aromatic carbocycles. The van der Waals surface area contributed by atoms with E-state index in [4.69, 9.17) is 5.73 Å². The van der Waals surface area contributed by atoms with Gasteiger partial charge in [-0.05, 0) is 44.2 Å². The number of halogens is 1. The molecule has 0 saturated heterocycles. The summed E-state index contributed by atoms with van der Waals surface area (Å²) in [6.45, 7) is 0. The van der Waals surface area contributed by atoms with Crippen LogP contribution < -0.4 is 16.4 Å². The second-order valence-electron chi connectivity index (χ2n) is 6.41. The van der Waals surface area contributed by atoms with Crippen LogP contribution in [0.2, 0.25) is 0 Å². The van der Waals surface area contributed by atoms with Crippen molar-refractivity contribution >= 4 is 29.9 Å². The Labute approximate surface area is 142 Å². The Hall–Kier alpha value is -1.59. The Kier molecular flexibility index (Phi) is 6.02. The molecule has 23 heavy (non-hydrogen) atoms. The van der Waals surface area contributed by atoms with E-state index in [9.17, 15) is 9.59 Å². The molecule has 2 amide bonds. The topological polar surface area (TPSA) is 84.2 Å². The lowest BCUT2D eigenvalue weighted by Crippen LogP contribution is -2.35. The molecule has 3 rings (SSSR count). The van der Waals surface area contributed by atoms with Gasteiger partial charge < -0.3 is 16.4 Å². The summed E-state index contributed by atoms with van der Waals surface area (Å²) in [5, 5.41) is 5.88. The Morgan fingerprint density at radius 1 is 1.09 bits per heavy atom. The van der Waals surface area contributed by atoms with Gasteiger partial charge >= 0.3 is 0 Å². The molecule has 0 heterocycles. The van der Waals surface area contributed by atoms with Crippen molar-refractivity contribution in [1.82, 2.24) is 5.32 Å². The lowest BCUT2D eigenvalue weighted by atomic mass is 9.85. The SMILES string of the molecule is Cl.NC1CCCC(C(=O)Nc2ccccc2C(=O)NC2CC2)C1. The van der Waals surface area contributed by atoms with Crippen LogP contribution in [0.1, 0.15) is 48.9 Å². The van der Waals surface area contributed by atoms with Crippen molar-refractivity contribution in [2.45, 2.75) is 50.6 Å². The van der Waals surface area contributed by atoms with Crippen LogP contribution in [0, 0.1) is 5.92 Å². The number of anilines is 1. The van der Waals surface area contributed by atoms with Crippen molar-refractivity contribution < 1.29 is 9.59 Å². The summed E-state index contributed by atoms with van der Waals surface area (Å²) in [4.78, 5) is 24.7. The van der Waals surface area contributed by atoms with E-state index in [1.54, 1.807) is 12.1 Å². The number of para-hydroxylation sites is 1. The Balaban J connectivity index is 0.00000192. The van der Waals surface area contributed by atoms with Crippen LogP contribution in [-0.2, 0) is 4.79 Å². The number of benzene rings is 1. The standard InChI is InChI=1S/C17H23N3O2.ClH/c18-12-5-3-4-11(10-12)16(21)20-15-7-2-1-6-14(15)17(22)19-13-8-9-13;/h1-2,6-7,11-13H,3-5,8-10,18H2,(H,19,22)(H,20,21);1H. The molecule has 2 unspecified atom stereocenters. The lowest BCUT2D eigenvalue weighted by molar-refractivity contribution is -0.120. The summed E-state index contributed by atoms with van der Waals surface area (Å²) >= 11 is 0. The van der Waals surface area contributed by atoms with Gasteiger partial charge in [-0.1, -0.05) is 18.6 Å². The fourth-order valence-electron chi connectivity index (χ4n) is 2.98. The average Bonchev–Trinajstić information content (AvgIpc) is 3.31. The summed E-state index contributed by atoms with van der Waals surface area (Å²) < 4.78 is 0. The van der Waals surface area contributed by atoms with Crippen molar-refractivity contribution in [2.75, 3.05) is 5.32 Å². The largest absolute Gasteiger partial charge is 0.349 e. The highest BCUT2D eigenvalue weighted by molar-refractivity contribution is 6.04. The van der Waals surface area contributed by atoms with Crippen molar-refractivity contribution in [2.24, 2.45) is 11.7 Å². The number of nitrogens with one attached hydrogen (secondary N) is 2. The van der Waals surface area contributed by atoms with Crippen molar-refractivity contribution in [3.05, 3.63) is 29.8 Å². The van der Waals surface area contributed by atoms with E-state index >= 15 is 0 Å². The van der Waals surface area contributed by atoms with Gasteiger partial charge in [-0.3, -0.25) is 9.59 Å². The third-order valence-electron chi connectivity index (χ3n) is 4.43. The van der Waals surface area contributed by atoms with E-state index < -0.39 is 0 Å². The minimum absolute atomic E-state index is 0. The second kappa shape index (κ2) is 7.79. The predicted molar refractivity (Wildman–Crippen MR) is 92.7 cm³/mol. The Morgan fingerprint density at radius 2 is 1.83 bits per heavy atom. The summed E-state index contributed by atoms with van der Waals surface area (Å²) in [5.74, 6) is -0.191. The normalized spacial score (nSPS) is 23.5. The number of hydrogen-bond acceptors (Lipinski definition) is 3. The highest BCUT2D eigenvalue weighted by Crippen LogP contribution is 2.26. The van der Waals surface area contributed by atoms with Crippen molar-refractivity contribution in [3.63, 3.8) is 0 Å². The monoisotopic (exact) mass is 337 g/mol. The molecule has 2 atom stereocenters. The zero-order chi connectivity index (χ0) is 15.5. The van der Waals surface area contributed by atoms with Crippen LogP contribution in [0.4, 0.5) is 5.69 Å². The molecule has 2 saturated carbocycles. The smallest absolute Gasteiger partial charge is 0.253 e. The molecule has 126 valence electrons. The predicted octanol–water partition coefficient (Wildman–Crippen LogP) is 2.46. The van der Waals surface area contributed by atoms with Gasteiger partial charge in [0, 0.05) is 18.0 Å². The van der Waals surface area contributed by atoms with E-state index in [1.165, 1.54) is 0 Å². The molecule has 5 nitrogen and oxygen atoms in total. The van der Waals surface area contributed by atoms with Gasteiger partial charge in [-0.2, -0.15) is 0 Å². The first kappa shape index (κ1) is 17.8. The first-order chi connectivity index (χ1) is 10.6. The van der Waals surface area contributed by atoms with Crippen LogP contribution in [-0.4, -0.2) is 23.9 Å². The quantitative estimate of drug-likeness (QED) is 0.789. The molecule has 2 fully saturated rings. The molecule has 4 N–H and O–H groups in total. The van der Waals surface area contributed by atoms with E-state index in [0.29, 0.717) is 17.3 Å². The highest BCUT2D eigenvalue weighted by Gasteiger charge is 2.27. The van der Waals surface area contributed by atoms with Crippen LogP contribution in [0.25, 0.3) is 0 Å². The molecule has 0 radical (unpaired) electrons. The molecule has 0 aliphatic heterocycles. The highest BCUT2D eigenvalue weighted by atomic mass is 35.5. The van der Waals surface area contributed by atoms with E-state index in [1.807, 2.05) is 12.1 Å². The van der Waals surface area contributed by atoms with Crippen LogP contribution in [0.5, 0.6) is 0 Å². The van der Waals surface area contributed by atoms with Gasteiger partial charge in [0.15, 0.2) is 0 Å². The van der Waals surface area contributed by atoms with Gasteiger partial charge in [-0.25, -0.2) is 0 Å². The minimum atomic E-state index is -0.112. The minimum Gasteiger partial charge on any atom is -0.349 e. The number of carbonyl (C=O) groups is 2. The molecule has 2 aliphatic rings. The molecule has 6 heteroatoms. The van der Waals surface area contributed by atoms with E-state index in [2.05, 4.69) is 10.6 Å². The van der Waals surface area contributed by atoms with Crippen LogP contribution >= 0.6 is 12.4 Å². The van der Waals surface area contributed by atoms with E-state index in [-0.39, 0.29) is 36.2 Å². The lowest BCUT2D eigenvalue weighted by Gasteiger charge is -2.26. The van der Waals surface area contributed by atoms with Gasteiger partial charge in [0.1, 0.15) is 0 Å².